The highest BCUT2D eigenvalue weighted by atomic mass is 16.3. The fourth-order valence-electron chi connectivity index (χ4n) is 2.24. The van der Waals surface area contributed by atoms with Crippen LogP contribution < -0.4 is 0 Å². The van der Waals surface area contributed by atoms with E-state index in [4.69, 9.17) is 10.2 Å². The average Bonchev–Trinajstić information content (AvgIpc) is 2.44. The summed E-state index contributed by atoms with van der Waals surface area (Å²) in [4.78, 5) is 24.4. The Morgan fingerprint density at radius 2 is 1.77 bits per heavy atom. The fraction of sp³-hybridized carbons (Fsp3) is 0.444. The van der Waals surface area contributed by atoms with Gasteiger partial charge in [0.25, 0.3) is 0 Å². The minimum absolute atomic E-state index is 0.129. The van der Waals surface area contributed by atoms with Crippen molar-refractivity contribution in [2.45, 2.75) is 45.3 Å². The van der Waals surface area contributed by atoms with Gasteiger partial charge >= 0.3 is 0 Å². The van der Waals surface area contributed by atoms with Crippen molar-refractivity contribution in [1.29, 1.82) is 0 Å². The van der Waals surface area contributed by atoms with Gasteiger partial charge in [0.2, 0.25) is 0 Å². The summed E-state index contributed by atoms with van der Waals surface area (Å²) < 4.78 is 0. The first-order chi connectivity index (χ1) is 10.4. The quantitative estimate of drug-likeness (QED) is 0.448. The van der Waals surface area contributed by atoms with Crippen molar-refractivity contribution >= 4 is 11.6 Å². The van der Waals surface area contributed by atoms with E-state index < -0.39 is 18.1 Å². The fourth-order valence-corrected chi connectivity index (χ4v) is 2.24. The van der Waals surface area contributed by atoms with Crippen molar-refractivity contribution < 1.29 is 19.8 Å². The van der Waals surface area contributed by atoms with E-state index in [9.17, 15) is 9.59 Å². The molecule has 0 spiro atoms. The van der Waals surface area contributed by atoms with Gasteiger partial charge in [-0.1, -0.05) is 36.5 Å². The molecule has 0 saturated heterocycles. The molecule has 0 radical (unpaired) electrons. The first kappa shape index (κ1) is 18.3. The van der Waals surface area contributed by atoms with Gasteiger partial charge in [0, 0.05) is 0 Å². The lowest BCUT2D eigenvalue weighted by Gasteiger charge is -2.20. The van der Waals surface area contributed by atoms with Crippen LogP contribution in [0, 0.1) is 5.92 Å². The Morgan fingerprint density at radius 3 is 2.41 bits per heavy atom. The van der Waals surface area contributed by atoms with Gasteiger partial charge in [0.15, 0.2) is 11.6 Å². The van der Waals surface area contributed by atoms with Gasteiger partial charge in [-0.25, -0.2) is 0 Å². The number of hydrogen-bond donors (Lipinski definition) is 2. The van der Waals surface area contributed by atoms with Crippen molar-refractivity contribution in [1.82, 2.24) is 0 Å². The maximum Gasteiger partial charge on any atom is 0.169 e. The summed E-state index contributed by atoms with van der Waals surface area (Å²) in [6.45, 7) is 3.25. The second-order valence-corrected chi connectivity index (χ2v) is 5.51. The lowest BCUT2D eigenvalue weighted by atomic mass is 9.81. The Bertz CT molecular complexity index is 507. The van der Waals surface area contributed by atoms with Crippen LogP contribution in [0.5, 0.6) is 0 Å². The molecule has 2 N–H and O–H groups in total. The van der Waals surface area contributed by atoms with Crippen LogP contribution in [0.4, 0.5) is 0 Å². The molecule has 22 heavy (non-hydrogen) atoms. The monoisotopic (exact) mass is 304 g/mol. The van der Waals surface area contributed by atoms with E-state index in [1.54, 1.807) is 50.3 Å². The van der Waals surface area contributed by atoms with Crippen LogP contribution in [0.3, 0.4) is 0 Å². The standard InChI is InChI=1S/C18H24O4/c1-13(19)7-3-4-12-17(21)16-11-6-10-15(18(16)22)9-5-8-14(2)20/h3-5,7-9,12-14,16,19-20H,6,10-11H2,1-2H3/b7-3+,8-5+,12-4+,15-9+. The molecule has 0 aromatic carbocycles. The maximum absolute atomic E-state index is 12.3. The van der Waals surface area contributed by atoms with Crippen molar-refractivity contribution in [3.8, 4) is 0 Å². The molecule has 1 aliphatic rings. The molecule has 3 unspecified atom stereocenters. The summed E-state index contributed by atoms with van der Waals surface area (Å²) in [6, 6.07) is 0. The molecule has 0 aromatic rings. The normalized spacial score (nSPS) is 24.6. The third-order valence-corrected chi connectivity index (χ3v) is 3.36. The summed E-state index contributed by atoms with van der Waals surface area (Å²) in [7, 11) is 0. The largest absolute Gasteiger partial charge is 0.389 e. The van der Waals surface area contributed by atoms with Crippen LogP contribution >= 0.6 is 0 Å². The van der Waals surface area contributed by atoms with Crippen LogP contribution in [-0.4, -0.2) is 34.0 Å². The molecule has 1 aliphatic carbocycles. The van der Waals surface area contributed by atoms with Gasteiger partial charge in [-0.2, -0.15) is 0 Å². The molecule has 0 bridgehead atoms. The third-order valence-electron chi connectivity index (χ3n) is 3.36. The summed E-state index contributed by atoms with van der Waals surface area (Å²) >= 11 is 0. The number of aliphatic hydroxyl groups excluding tert-OH is 2. The molecule has 0 aliphatic heterocycles. The van der Waals surface area contributed by atoms with Crippen LogP contribution in [0.25, 0.3) is 0 Å². The zero-order chi connectivity index (χ0) is 16.5. The first-order valence-electron chi connectivity index (χ1n) is 7.58. The molecule has 1 rings (SSSR count). The Morgan fingerprint density at radius 1 is 1.14 bits per heavy atom. The van der Waals surface area contributed by atoms with E-state index >= 15 is 0 Å². The van der Waals surface area contributed by atoms with Gasteiger partial charge in [0.05, 0.1) is 18.1 Å². The zero-order valence-electron chi connectivity index (χ0n) is 13.1. The Hall–Kier alpha value is -1.78. The zero-order valence-corrected chi connectivity index (χ0v) is 13.1. The highest BCUT2D eigenvalue weighted by Gasteiger charge is 2.30. The maximum atomic E-state index is 12.3. The molecule has 3 atom stereocenters. The highest BCUT2D eigenvalue weighted by molar-refractivity contribution is 6.14. The number of carbonyl (C=O) groups is 2. The van der Waals surface area contributed by atoms with Crippen molar-refractivity contribution in [3.05, 3.63) is 48.1 Å². The minimum atomic E-state index is -0.615. The summed E-state index contributed by atoms with van der Waals surface area (Å²) in [5.41, 5.74) is 0.634. The molecule has 120 valence electrons. The van der Waals surface area contributed by atoms with E-state index in [1.165, 1.54) is 6.08 Å². The molecular formula is C18H24O4. The number of hydrogen-bond acceptors (Lipinski definition) is 4. The molecule has 4 heteroatoms. The smallest absolute Gasteiger partial charge is 0.169 e. The number of aliphatic hydroxyl groups is 2. The van der Waals surface area contributed by atoms with Gasteiger partial charge in [-0.3, -0.25) is 9.59 Å². The van der Waals surface area contributed by atoms with Gasteiger partial charge in [-0.15, -0.1) is 0 Å². The predicted molar refractivity (Wildman–Crippen MR) is 86.2 cm³/mol. The lowest BCUT2D eigenvalue weighted by molar-refractivity contribution is -0.129. The SMILES string of the molecule is CC(O)/C=C/C=C/C(=O)C1CCC/C(=C\C=C\C(C)O)C1=O. The molecular weight excluding hydrogens is 280 g/mol. The lowest BCUT2D eigenvalue weighted by Crippen LogP contribution is -2.27. The number of rotatable bonds is 6. The summed E-state index contributed by atoms with van der Waals surface area (Å²) in [6.07, 6.45) is 11.9. The van der Waals surface area contributed by atoms with E-state index in [0.29, 0.717) is 18.4 Å². The topological polar surface area (TPSA) is 74.6 Å². The summed E-state index contributed by atoms with van der Waals surface area (Å²) in [5, 5.41) is 18.2. The molecule has 0 aromatic heterocycles. The van der Waals surface area contributed by atoms with Gasteiger partial charge < -0.3 is 10.2 Å². The van der Waals surface area contributed by atoms with E-state index in [2.05, 4.69) is 0 Å². The Kier molecular flexibility index (Phi) is 7.71. The van der Waals surface area contributed by atoms with Gasteiger partial charge in [0.1, 0.15) is 0 Å². The third kappa shape index (κ3) is 6.33. The Balaban J connectivity index is 2.71. The number of carbonyl (C=O) groups excluding carboxylic acids is 2. The number of allylic oxidation sites excluding steroid dienone is 6. The van der Waals surface area contributed by atoms with Gasteiger partial charge in [-0.05, 0) is 44.8 Å². The van der Waals surface area contributed by atoms with E-state index in [0.717, 1.165) is 6.42 Å². The molecule has 1 fully saturated rings. The molecule has 0 amide bonds. The second-order valence-electron chi connectivity index (χ2n) is 5.51. The van der Waals surface area contributed by atoms with Crippen LogP contribution in [-0.2, 0) is 9.59 Å². The Labute approximate surface area is 131 Å². The highest BCUT2D eigenvalue weighted by Crippen LogP contribution is 2.26. The minimum Gasteiger partial charge on any atom is -0.389 e. The molecule has 0 heterocycles. The van der Waals surface area contributed by atoms with Crippen LogP contribution in [0.2, 0.25) is 0 Å². The van der Waals surface area contributed by atoms with Crippen LogP contribution in [0.15, 0.2) is 48.1 Å². The average molecular weight is 304 g/mol. The number of ketones is 2. The molecule has 1 saturated carbocycles. The molecule has 4 nitrogen and oxygen atoms in total. The first-order valence-corrected chi connectivity index (χ1v) is 7.58. The van der Waals surface area contributed by atoms with Crippen LogP contribution in [0.1, 0.15) is 33.1 Å². The van der Waals surface area contributed by atoms with Crippen molar-refractivity contribution in [2.24, 2.45) is 5.92 Å². The number of Topliss-reactive ketones (excluding diaryl/α,β-unsaturated/α-hetero) is 1. The van der Waals surface area contributed by atoms with Crippen molar-refractivity contribution in [3.63, 3.8) is 0 Å². The van der Waals surface area contributed by atoms with Crippen molar-refractivity contribution in [2.75, 3.05) is 0 Å². The van der Waals surface area contributed by atoms with E-state index in [1.807, 2.05) is 0 Å². The second kappa shape index (κ2) is 9.28. The van der Waals surface area contributed by atoms with E-state index in [-0.39, 0.29) is 11.6 Å². The summed E-state index contributed by atoms with van der Waals surface area (Å²) in [5.74, 6) is -0.947. The predicted octanol–water partition coefficient (Wildman–Crippen LogP) is 2.28.